The number of hydrogen-bond donors (Lipinski definition) is 1. The molecule has 2 aromatic rings. The fraction of sp³-hybridized carbons (Fsp3) is 0.350. The predicted molar refractivity (Wildman–Crippen MR) is 96.4 cm³/mol. The van der Waals surface area contributed by atoms with E-state index in [1.54, 1.807) is 18.2 Å². The van der Waals surface area contributed by atoms with E-state index in [-0.39, 0.29) is 11.8 Å². The average molecular weight is 324 g/mol. The van der Waals surface area contributed by atoms with E-state index in [4.69, 9.17) is 10.5 Å². The van der Waals surface area contributed by atoms with E-state index in [1.165, 1.54) is 11.1 Å². The van der Waals surface area contributed by atoms with Crippen LogP contribution >= 0.6 is 0 Å². The average Bonchev–Trinajstić information content (AvgIpc) is 2.62. The smallest absolute Gasteiger partial charge is 0.179 e. The number of Topliss-reactive ketones (excluding diaryl/α,β-unsaturated/α-hetero) is 1. The molecule has 3 rings (SSSR count). The van der Waals surface area contributed by atoms with Gasteiger partial charge in [0.15, 0.2) is 5.78 Å². The van der Waals surface area contributed by atoms with Crippen LogP contribution in [0.5, 0.6) is 5.75 Å². The van der Waals surface area contributed by atoms with E-state index < -0.39 is 0 Å². The number of nitrogens with two attached hydrogens (primary N) is 1. The van der Waals surface area contributed by atoms with Gasteiger partial charge in [-0.15, -0.1) is 0 Å². The molecule has 2 N–H and O–H groups in total. The Balaban J connectivity index is 1.74. The van der Waals surface area contributed by atoms with Gasteiger partial charge in [-0.1, -0.05) is 24.3 Å². The number of carbonyl (C=O) groups is 1. The number of anilines is 1. The van der Waals surface area contributed by atoms with Crippen molar-refractivity contribution in [1.82, 2.24) is 4.90 Å². The Morgan fingerprint density at radius 1 is 1.25 bits per heavy atom. The number of ketones is 1. The molecule has 0 aromatic heterocycles. The summed E-state index contributed by atoms with van der Waals surface area (Å²) in [4.78, 5) is 15.1. The van der Waals surface area contributed by atoms with Crippen molar-refractivity contribution in [1.29, 1.82) is 0 Å². The highest BCUT2D eigenvalue weighted by Gasteiger charge is 2.26. The Morgan fingerprint density at radius 3 is 2.71 bits per heavy atom. The zero-order chi connectivity index (χ0) is 17.1. The molecule has 24 heavy (non-hydrogen) atoms. The van der Waals surface area contributed by atoms with Crippen molar-refractivity contribution in [3.63, 3.8) is 0 Å². The molecule has 0 bridgehead atoms. The fourth-order valence-corrected chi connectivity index (χ4v) is 3.24. The molecule has 1 aliphatic heterocycles. The summed E-state index contributed by atoms with van der Waals surface area (Å²) in [6.45, 7) is 6.16. The van der Waals surface area contributed by atoms with Crippen LogP contribution in [0.15, 0.2) is 42.5 Å². The maximum Gasteiger partial charge on any atom is 0.179 e. The third-order valence-corrected chi connectivity index (χ3v) is 4.68. The van der Waals surface area contributed by atoms with Gasteiger partial charge in [-0.25, -0.2) is 0 Å². The van der Waals surface area contributed by atoms with Crippen molar-refractivity contribution in [2.75, 3.05) is 18.9 Å². The van der Waals surface area contributed by atoms with Crippen molar-refractivity contribution >= 4 is 11.5 Å². The minimum Gasteiger partial charge on any atom is -0.492 e. The molecule has 1 unspecified atom stereocenters. The molecule has 1 aliphatic rings. The quantitative estimate of drug-likeness (QED) is 0.677. The van der Waals surface area contributed by atoms with Crippen LogP contribution in [-0.4, -0.2) is 29.9 Å². The van der Waals surface area contributed by atoms with Gasteiger partial charge in [-0.05, 0) is 49.6 Å². The molecule has 0 saturated heterocycles. The molecular weight excluding hydrogens is 300 g/mol. The van der Waals surface area contributed by atoms with Crippen LogP contribution in [0.1, 0.15) is 35.3 Å². The lowest BCUT2D eigenvalue weighted by molar-refractivity contribution is 0.0819. The summed E-state index contributed by atoms with van der Waals surface area (Å²) in [5, 5.41) is 0. The molecule has 0 amide bonds. The molecule has 0 aliphatic carbocycles. The normalized spacial score (nSPS) is 15.6. The summed E-state index contributed by atoms with van der Waals surface area (Å²) in [7, 11) is 0. The van der Waals surface area contributed by atoms with Crippen LogP contribution in [0.2, 0.25) is 0 Å². The molecule has 4 heteroatoms. The molecule has 126 valence electrons. The predicted octanol–water partition coefficient (Wildman–Crippen LogP) is 3.30. The summed E-state index contributed by atoms with van der Waals surface area (Å²) in [5.74, 6) is 0.734. The van der Waals surface area contributed by atoms with Crippen molar-refractivity contribution in [3.05, 3.63) is 59.2 Å². The second-order valence-electron chi connectivity index (χ2n) is 6.22. The summed E-state index contributed by atoms with van der Waals surface area (Å²) in [6, 6.07) is 13.6. The van der Waals surface area contributed by atoms with Gasteiger partial charge in [0.1, 0.15) is 5.75 Å². The van der Waals surface area contributed by atoms with Gasteiger partial charge in [-0.2, -0.15) is 0 Å². The Morgan fingerprint density at radius 2 is 2.00 bits per heavy atom. The Kier molecular flexibility index (Phi) is 4.86. The Labute approximate surface area is 143 Å². The third-order valence-electron chi connectivity index (χ3n) is 4.68. The van der Waals surface area contributed by atoms with Crippen molar-refractivity contribution in [2.45, 2.75) is 32.9 Å². The molecule has 4 nitrogen and oxygen atoms in total. The summed E-state index contributed by atoms with van der Waals surface area (Å²) >= 11 is 0. The number of nitrogen functional groups attached to an aromatic ring is 1. The van der Waals surface area contributed by atoms with Crippen LogP contribution in [0, 0.1) is 0 Å². The third kappa shape index (κ3) is 3.29. The van der Waals surface area contributed by atoms with Gasteiger partial charge in [0.2, 0.25) is 0 Å². The molecule has 2 aromatic carbocycles. The summed E-state index contributed by atoms with van der Waals surface area (Å²) in [5.41, 5.74) is 9.85. The van der Waals surface area contributed by atoms with Gasteiger partial charge in [-0.3, -0.25) is 9.69 Å². The minimum absolute atomic E-state index is 0.101. The van der Waals surface area contributed by atoms with E-state index in [9.17, 15) is 4.79 Å². The number of carbonyl (C=O) groups excluding carboxylic acids is 1. The lowest BCUT2D eigenvalue weighted by atomic mass is 9.96. The molecular formula is C20H24N2O2. The van der Waals surface area contributed by atoms with E-state index >= 15 is 0 Å². The largest absolute Gasteiger partial charge is 0.492 e. The minimum atomic E-state index is -0.171. The first-order valence-corrected chi connectivity index (χ1v) is 8.47. The molecule has 1 heterocycles. The van der Waals surface area contributed by atoms with E-state index in [0.29, 0.717) is 23.6 Å². The molecule has 1 atom stereocenters. The number of nitrogens with zero attached hydrogens (tertiary/aromatic N) is 1. The summed E-state index contributed by atoms with van der Waals surface area (Å²) in [6.07, 6.45) is 0.985. The molecule has 0 saturated carbocycles. The van der Waals surface area contributed by atoms with Gasteiger partial charge in [0.25, 0.3) is 0 Å². The Hall–Kier alpha value is -2.33. The van der Waals surface area contributed by atoms with Crippen LogP contribution in [0.3, 0.4) is 0 Å². The molecule has 0 radical (unpaired) electrons. The first-order chi connectivity index (χ1) is 11.6. The topological polar surface area (TPSA) is 55.6 Å². The maximum absolute atomic E-state index is 12.8. The zero-order valence-corrected chi connectivity index (χ0v) is 14.3. The van der Waals surface area contributed by atoms with Gasteiger partial charge in [0.05, 0.1) is 18.3 Å². The van der Waals surface area contributed by atoms with Crippen molar-refractivity contribution in [3.8, 4) is 5.75 Å². The maximum atomic E-state index is 12.8. The van der Waals surface area contributed by atoms with Crippen molar-refractivity contribution < 1.29 is 9.53 Å². The van der Waals surface area contributed by atoms with Crippen LogP contribution < -0.4 is 10.5 Å². The molecule has 0 fully saturated rings. The molecule has 0 spiro atoms. The lowest BCUT2D eigenvalue weighted by Crippen LogP contribution is -2.42. The number of fused-ring (bicyclic) bond motifs is 1. The highest BCUT2D eigenvalue weighted by Crippen LogP contribution is 2.25. The van der Waals surface area contributed by atoms with Crippen molar-refractivity contribution in [2.24, 2.45) is 0 Å². The van der Waals surface area contributed by atoms with E-state index in [0.717, 1.165) is 19.5 Å². The van der Waals surface area contributed by atoms with Gasteiger partial charge < -0.3 is 10.5 Å². The second kappa shape index (κ2) is 7.05. The number of benzene rings is 2. The van der Waals surface area contributed by atoms with Crippen LogP contribution in [0.25, 0.3) is 0 Å². The first-order valence-electron chi connectivity index (χ1n) is 8.47. The fourth-order valence-electron chi connectivity index (χ4n) is 3.24. The van der Waals surface area contributed by atoms with Crippen LogP contribution in [0.4, 0.5) is 5.69 Å². The van der Waals surface area contributed by atoms with E-state index in [2.05, 4.69) is 29.2 Å². The summed E-state index contributed by atoms with van der Waals surface area (Å²) < 4.78 is 5.44. The van der Waals surface area contributed by atoms with Gasteiger partial charge >= 0.3 is 0 Å². The SMILES string of the molecule is CCOc1ccc(C(=O)C(C)N2CCc3ccccc3C2)cc1N. The zero-order valence-electron chi connectivity index (χ0n) is 14.3. The number of hydrogen-bond acceptors (Lipinski definition) is 4. The van der Waals surface area contributed by atoms with Gasteiger partial charge in [0, 0.05) is 18.7 Å². The highest BCUT2D eigenvalue weighted by molar-refractivity contribution is 6.00. The monoisotopic (exact) mass is 324 g/mol. The lowest BCUT2D eigenvalue weighted by Gasteiger charge is -2.33. The standard InChI is InChI=1S/C20H24N2O2/c1-3-24-19-9-8-16(12-18(19)21)20(23)14(2)22-11-10-15-6-4-5-7-17(15)13-22/h4-9,12,14H,3,10-11,13,21H2,1-2H3. The number of ether oxygens (including phenoxy) is 1. The highest BCUT2D eigenvalue weighted by atomic mass is 16.5. The van der Waals surface area contributed by atoms with E-state index in [1.807, 2.05) is 13.8 Å². The van der Waals surface area contributed by atoms with Crippen LogP contribution in [-0.2, 0) is 13.0 Å². The second-order valence-corrected chi connectivity index (χ2v) is 6.22. The Bertz CT molecular complexity index is 742. The number of rotatable bonds is 5. The first kappa shape index (κ1) is 16.5.